The van der Waals surface area contributed by atoms with Crippen molar-refractivity contribution in [3.63, 3.8) is 0 Å². The Labute approximate surface area is 164 Å². The molecule has 0 saturated heterocycles. The van der Waals surface area contributed by atoms with Gasteiger partial charge in [0.25, 0.3) is 0 Å². The smallest absolute Gasteiger partial charge is 0.190 e. The van der Waals surface area contributed by atoms with Gasteiger partial charge in [-0.15, -0.1) is 11.6 Å². The van der Waals surface area contributed by atoms with E-state index in [9.17, 15) is 24.9 Å². The molecule has 0 spiro atoms. The second kappa shape index (κ2) is 5.99. The summed E-state index contributed by atoms with van der Waals surface area (Å²) in [5.41, 5.74) is -2.06. The normalized spacial score (nSPS) is 51.3. The second-order valence-electron chi connectivity index (χ2n) is 9.29. The number of aliphatic hydroxyl groups is 3. The molecule has 1 unspecified atom stereocenters. The first kappa shape index (κ1) is 19.3. The van der Waals surface area contributed by atoms with Gasteiger partial charge < -0.3 is 15.3 Å². The van der Waals surface area contributed by atoms with Gasteiger partial charge in [0.1, 0.15) is 12.2 Å². The maximum atomic E-state index is 12.4. The van der Waals surface area contributed by atoms with E-state index in [0.717, 1.165) is 5.57 Å². The number of halogens is 1. The van der Waals surface area contributed by atoms with Crippen molar-refractivity contribution in [2.45, 2.75) is 56.6 Å². The monoisotopic (exact) mass is 394 g/mol. The summed E-state index contributed by atoms with van der Waals surface area (Å²) in [5, 5.41) is 31.4. The highest BCUT2D eigenvalue weighted by Gasteiger charge is 2.68. The minimum absolute atomic E-state index is 0.0250. The highest BCUT2D eigenvalue weighted by Crippen LogP contribution is 2.67. The van der Waals surface area contributed by atoms with E-state index < -0.39 is 34.9 Å². The summed E-state index contributed by atoms with van der Waals surface area (Å²) in [7, 11) is 0. The van der Waals surface area contributed by atoms with Crippen LogP contribution in [0.5, 0.6) is 0 Å². The van der Waals surface area contributed by atoms with Crippen LogP contribution in [-0.2, 0) is 9.59 Å². The molecule has 0 heterocycles. The van der Waals surface area contributed by atoms with Gasteiger partial charge in [-0.3, -0.25) is 9.59 Å². The van der Waals surface area contributed by atoms with Gasteiger partial charge in [0.05, 0.1) is 11.5 Å². The summed E-state index contributed by atoms with van der Waals surface area (Å²) >= 11 is 6.70. The third-order valence-corrected chi connectivity index (χ3v) is 8.65. The van der Waals surface area contributed by atoms with E-state index >= 15 is 0 Å². The van der Waals surface area contributed by atoms with Crippen LogP contribution in [0.4, 0.5) is 0 Å². The van der Waals surface area contributed by atoms with Crippen molar-refractivity contribution in [3.05, 3.63) is 23.8 Å². The Morgan fingerprint density at radius 1 is 1.37 bits per heavy atom. The van der Waals surface area contributed by atoms with Crippen LogP contribution in [0.25, 0.3) is 0 Å². The number of hydrogen-bond acceptors (Lipinski definition) is 5. The SMILES string of the molecule is C[C@]12C=CC(=O)C=C1[C@@H](Cl)C[C@@H]1[C@@H]2C(O)C[C@@]2(C)[C@H]1CC[C@]2(O)C(=O)CO. The fraction of sp³-hybridized carbons (Fsp3) is 0.714. The molecule has 4 aliphatic rings. The van der Waals surface area contributed by atoms with E-state index in [0.29, 0.717) is 25.7 Å². The van der Waals surface area contributed by atoms with Crippen molar-refractivity contribution in [2.24, 2.45) is 28.6 Å². The molecular weight excluding hydrogens is 368 g/mol. The molecule has 5 nitrogen and oxygen atoms in total. The minimum atomic E-state index is -1.62. The lowest BCUT2D eigenvalue weighted by Crippen LogP contribution is -2.62. The van der Waals surface area contributed by atoms with E-state index in [1.807, 2.05) is 19.9 Å². The topological polar surface area (TPSA) is 94.8 Å². The molecule has 27 heavy (non-hydrogen) atoms. The van der Waals surface area contributed by atoms with Gasteiger partial charge in [-0.2, -0.15) is 0 Å². The Morgan fingerprint density at radius 3 is 2.74 bits per heavy atom. The molecule has 148 valence electrons. The van der Waals surface area contributed by atoms with Gasteiger partial charge in [-0.25, -0.2) is 0 Å². The first-order valence-corrected chi connectivity index (χ1v) is 10.2. The van der Waals surface area contributed by atoms with Crippen LogP contribution in [0.2, 0.25) is 0 Å². The summed E-state index contributed by atoms with van der Waals surface area (Å²) in [6.07, 6.45) is 6.16. The number of carbonyl (C=O) groups is 2. The van der Waals surface area contributed by atoms with E-state index in [1.54, 1.807) is 12.2 Å². The van der Waals surface area contributed by atoms with Crippen molar-refractivity contribution in [2.75, 3.05) is 6.61 Å². The molecule has 6 heteroatoms. The zero-order chi connectivity index (χ0) is 19.8. The summed E-state index contributed by atoms with van der Waals surface area (Å²) < 4.78 is 0. The molecule has 0 radical (unpaired) electrons. The fourth-order valence-corrected chi connectivity index (χ4v) is 7.43. The molecule has 3 fully saturated rings. The summed E-state index contributed by atoms with van der Waals surface area (Å²) in [6, 6.07) is 0. The van der Waals surface area contributed by atoms with E-state index in [2.05, 4.69) is 0 Å². The quantitative estimate of drug-likeness (QED) is 0.620. The molecule has 0 aromatic heterocycles. The predicted octanol–water partition coefficient (Wildman–Crippen LogP) is 1.77. The van der Waals surface area contributed by atoms with Crippen molar-refractivity contribution >= 4 is 23.2 Å². The average Bonchev–Trinajstić information content (AvgIpc) is 2.87. The molecule has 0 amide bonds. The molecule has 3 N–H and O–H groups in total. The summed E-state index contributed by atoms with van der Waals surface area (Å²) in [6.45, 7) is 3.20. The Bertz CT molecular complexity index is 760. The number of ketones is 2. The van der Waals surface area contributed by atoms with Crippen LogP contribution in [0.1, 0.15) is 39.5 Å². The van der Waals surface area contributed by atoms with Gasteiger partial charge in [0, 0.05) is 16.7 Å². The van der Waals surface area contributed by atoms with Crippen LogP contribution < -0.4 is 0 Å². The zero-order valence-corrected chi connectivity index (χ0v) is 16.4. The van der Waals surface area contributed by atoms with Crippen LogP contribution in [0, 0.1) is 28.6 Å². The van der Waals surface area contributed by atoms with Gasteiger partial charge in [0.15, 0.2) is 11.6 Å². The van der Waals surface area contributed by atoms with Gasteiger partial charge in [-0.1, -0.05) is 19.9 Å². The molecule has 0 aromatic carbocycles. The van der Waals surface area contributed by atoms with Crippen molar-refractivity contribution in [1.82, 2.24) is 0 Å². The molecular formula is C21H27ClO5. The zero-order valence-electron chi connectivity index (χ0n) is 15.7. The molecule has 0 bridgehead atoms. The highest BCUT2D eigenvalue weighted by molar-refractivity contribution is 6.23. The van der Waals surface area contributed by atoms with Crippen LogP contribution in [0.3, 0.4) is 0 Å². The number of fused-ring (bicyclic) bond motifs is 5. The highest BCUT2D eigenvalue weighted by atomic mass is 35.5. The third-order valence-electron chi connectivity index (χ3n) is 8.23. The summed E-state index contributed by atoms with van der Waals surface area (Å²) in [5.74, 6) is -0.705. The number of rotatable bonds is 2. The summed E-state index contributed by atoms with van der Waals surface area (Å²) in [4.78, 5) is 24.3. The number of allylic oxidation sites excluding steroid dienone is 4. The lowest BCUT2D eigenvalue weighted by molar-refractivity contribution is -0.178. The van der Waals surface area contributed by atoms with Crippen LogP contribution >= 0.6 is 11.6 Å². The standard InChI is InChI=1S/C21H27ClO5/c1-19-5-3-11(24)7-14(19)15(22)8-12-13-4-6-21(27,17(26)10-23)20(13,2)9-16(25)18(12)19/h3,5,7,12-13,15-16,18,23,25,27H,4,6,8-10H2,1-2H3/t12-,13-,15-,16?,18+,19-,20-,21-/m0/s1. The molecule has 4 rings (SSSR count). The van der Waals surface area contributed by atoms with E-state index in [-0.39, 0.29) is 28.9 Å². The predicted molar refractivity (Wildman–Crippen MR) is 100 cm³/mol. The Balaban J connectivity index is 1.78. The number of alkyl halides is 1. The molecule has 0 aliphatic heterocycles. The minimum Gasteiger partial charge on any atom is -0.393 e. The van der Waals surface area contributed by atoms with Crippen molar-refractivity contribution < 1.29 is 24.9 Å². The first-order valence-electron chi connectivity index (χ1n) is 9.72. The maximum Gasteiger partial charge on any atom is 0.190 e. The average molecular weight is 395 g/mol. The number of aliphatic hydroxyl groups excluding tert-OH is 2. The van der Waals surface area contributed by atoms with Gasteiger partial charge >= 0.3 is 0 Å². The first-order chi connectivity index (χ1) is 12.6. The largest absolute Gasteiger partial charge is 0.393 e. The van der Waals surface area contributed by atoms with Gasteiger partial charge in [0.2, 0.25) is 0 Å². The molecule has 0 aromatic rings. The second-order valence-corrected chi connectivity index (χ2v) is 9.81. The lowest BCUT2D eigenvalue weighted by Gasteiger charge is -2.60. The van der Waals surface area contributed by atoms with Crippen molar-refractivity contribution in [1.29, 1.82) is 0 Å². The number of carbonyl (C=O) groups excluding carboxylic acids is 2. The number of Topliss-reactive ketones (excluding diaryl/α,β-unsaturated/α-hetero) is 1. The molecule has 4 aliphatic carbocycles. The van der Waals surface area contributed by atoms with Crippen molar-refractivity contribution in [3.8, 4) is 0 Å². The Morgan fingerprint density at radius 2 is 2.07 bits per heavy atom. The number of hydrogen-bond donors (Lipinski definition) is 3. The van der Waals surface area contributed by atoms with E-state index in [1.165, 1.54) is 0 Å². The lowest BCUT2D eigenvalue weighted by atomic mass is 9.46. The Hall–Kier alpha value is -1.01. The Kier molecular flexibility index (Phi) is 4.29. The van der Waals surface area contributed by atoms with Gasteiger partial charge in [-0.05, 0) is 55.2 Å². The maximum absolute atomic E-state index is 12.4. The fourth-order valence-electron chi connectivity index (χ4n) is 6.93. The molecule has 8 atom stereocenters. The third kappa shape index (κ3) is 2.35. The van der Waals surface area contributed by atoms with Crippen LogP contribution in [0.15, 0.2) is 23.8 Å². The van der Waals surface area contributed by atoms with Crippen LogP contribution in [-0.4, -0.2) is 50.6 Å². The molecule has 3 saturated carbocycles. The van der Waals surface area contributed by atoms with E-state index in [4.69, 9.17) is 11.6 Å².